The fourth-order valence-electron chi connectivity index (χ4n) is 2.70. The summed E-state index contributed by atoms with van der Waals surface area (Å²) in [4.78, 5) is 0.321. The highest BCUT2D eigenvalue weighted by Crippen LogP contribution is 2.26. The molecule has 1 saturated heterocycles. The minimum Gasteiger partial charge on any atom is -0.494 e. The van der Waals surface area contributed by atoms with Gasteiger partial charge in [-0.2, -0.15) is 4.31 Å². The molecule has 1 aromatic carbocycles. The van der Waals surface area contributed by atoms with Gasteiger partial charge in [0, 0.05) is 19.1 Å². The van der Waals surface area contributed by atoms with Crippen LogP contribution in [0.5, 0.6) is 5.75 Å². The molecular formula is C16H27ClN2O3S. The number of ether oxygens (including phenoxy) is 1. The van der Waals surface area contributed by atoms with Crippen LogP contribution in [0, 0.1) is 5.92 Å². The molecule has 0 saturated carbocycles. The average Bonchev–Trinajstić information content (AvgIpc) is 2.53. The summed E-state index contributed by atoms with van der Waals surface area (Å²) in [5, 5.41) is 0. The number of benzene rings is 1. The first-order chi connectivity index (χ1) is 10.4. The normalized spacial score (nSPS) is 20.6. The van der Waals surface area contributed by atoms with Gasteiger partial charge in [-0.3, -0.25) is 0 Å². The van der Waals surface area contributed by atoms with E-state index in [-0.39, 0.29) is 24.4 Å². The summed E-state index contributed by atoms with van der Waals surface area (Å²) in [5.74, 6) is 0.934. The van der Waals surface area contributed by atoms with Crippen LogP contribution >= 0.6 is 12.4 Å². The number of rotatable bonds is 6. The molecule has 1 heterocycles. The van der Waals surface area contributed by atoms with Gasteiger partial charge in [0.1, 0.15) is 5.75 Å². The molecule has 132 valence electrons. The SMILES string of the molecule is CCCOc1ccc(S(=O)(=O)N2CCCC(C(C)N)C2)cc1.Cl. The molecule has 0 aliphatic carbocycles. The fourth-order valence-corrected chi connectivity index (χ4v) is 4.23. The second-order valence-corrected chi connectivity index (χ2v) is 7.88. The molecule has 1 aliphatic heterocycles. The van der Waals surface area contributed by atoms with Gasteiger partial charge in [-0.15, -0.1) is 12.4 Å². The highest BCUT2D eigenvalue weighted by Gasteiger charge is 2.31. The number of piperidine rings is 1. The van der Waals surface area contributed by atoms with Gasteiger partial charge in [-0.05, 0) is 56.4 Å². The summed E-state index contributed by atoms with van der Waals surface area (Å²) >= 11 is 0. The lowest BCUT2D eigenvalue weighted by Gasteiger charge is -2.33. The number of halogens is 1. The molecule has 5 nitrogen and oxygen atoms in total. The Bertz CT molecular complexity index is 575. The summed E-state index contributed by atoms with van der Waals surface area (Å²) in [6, 6.07) is 6.69. The van der Waals surface area contributed by atoms with Crippen molar-refractivity contribution >= 4 is 22.4 Å². The maximum Gasteiger partial charge on any atom is 0.243 e. The van der Waals surface area contributed by atoms with Gasteiger partial charge in [0.2, 0.25) is 10.0 Å². The van der Waals surface area contributed by atoms with E-state index in [1.807, 2.05) is 13.8 Å². The molecule has 0 spiro atoms. The fraction of sp³-hybridized carbons (Fsp3) is 0.625. The van der Waals surface area contributed by atoms with E-state index in [0.717, 1.165) is 19.3 Å². The Balaban J connectivity index is 0.00000264. The topological polar surface area (TPSA) is 72.6 Å². The van der Waals surface area contributed by atoms with Crippen LogP contribution in [0.3, 0.4) is 0 Å². The van der Waals surface area contributed by atoms with Crippen LogP contribution in [0.2, 0.25) is 0 Å². The molecular weight excluding hydrogens is 336 g/mol. The van der Waals surface area contributed by atoms with Crippen molar-refractivity contribution in [3.05, 3.63) is 24.3 Å². The molecule has 2 rings (SSSR count). The lowest BCUT2D eigenvalue weighted by Crippen LogP contribution is -2.44. The zero-order chi connectivity index (χ0) is 16.2. The molecule has 0 amide bonds. The molecule has 2 atom stereocenters. The highest BCUT2D eigenvalue weighted by molar-refractivity contribution is 7.89. The quantitative estimate of drug-likeness (QED) is 0.844. The van der Waals surface area contributed by atoms with Gasteiger partial charge >= 0.3 is 0 Å². The van der Waals surface area contributed by atoms with Gasteiger partial charge in [-0.25, -0.2) is 8.42 Å². The number of sulfonamides is 1. The van der Waals surface area contributed by atoms with Gasteiger partial charge in [-0.1, -0.05) is 6.92 Å². The molecule has 1 fully saturated rings. The molecule has 0 aromatic heterocycles. The molecule has 2 unspecified atom stereocenters. The summed E-state index contributed by atoms with van der Waals surface area (Å²) in [7, 11) is -3.44. The second-order valence-electron chi connectivity index (χ2n) is 5.94. The third kappa shape index (κ3) is 5.08. The van der Waals surface area contributed by atoms with Crippen molar-refractivity contribution in [3.63, 3.8) is 0 Å². The van der Waals surface area contributed by atoms with Crippen molar-refractivity contribution < 1.29 is 13.2 Å². The molecule has 0 bridgehead atoms. The summed E-state index contributed by atoms with van der Waals surface area (Å²) < 4.78 is 32.5. The van der Waals surface area contributed by atoms with E-state index < -0.39 is 10.0 Å². The first-order valence-electron chi connectivity index (χ1n) is 7.93. The molecule has 1 aliphatic rings. The zero-order valence-corrected chi connectivity index (χ0v) is 15.4. The summed E-state index contributed by atoms with van der Waals surface area (Å²) in [5.41, 5.74) is 5.94. The van der Waals surface area contributed by atoms with Crippen molar-refractivity contribution in [2.75, 3.05) is 19.7 Å². The molecule has 2 N–H and O–H groups in total. The van der Waals surface area contributed by atoms with Crippen molar-refractivity contribution in [2.45, 2.75) is 44.0 Å². The van der Waals surface area contributed by atoms with E-state index >= 15 is 0 Å². The van der Waals surface area contributed by atoms with Gasteiger partial charge in [0.15, 0.2) is 0 Å². The van der Waals surface area contributed by atoms with E-state index in [2.05, 4.69) is 0 Å². The second kappa shape index (κ2) is 8.87. The maximum atomic E-state index is 12.7. The van der Waals surface area contributed by atoms with Crippen molar-refractivity contribution in [1.29, 1.82) is 0 Å². The number of nitrogens with two attached hydrogens (primary N) is 1. The van der Waals surface area contributed by atoms with Crippen LogP contribution in [-0.4, -0.2) is 38.5 Å². The Morgan fingerprint density at radius 3 is 2.57 bits per heavy atom. The molecule has 1 aromatic rings. The predicted octanol–water partition coefficient (Wildman–Crippen LogP) is 2.65. The molecule has 0 radical (unpaired) electrons. The minimum atomic E-state index is -3.44. The summed E-state index contributed by atoms with van der Waals surface area (Å²) in [6.45, 7) is 5.69. The van der Waals surface area contributed by atoms with E-state index in [1.165, 1.54) is 0 Å². The summed E-state index contributed by atoms with van der Waals surface area (Å²) in [6.07, 6.45) is 2.78. The molecule has 7 heteroatoms. The Labute approximate surface area is 145 Å². The monoisotopic (exact) mass is 362 g/mol. The first kappa shape index (κ1) is 20.2. The first-order valence-corrected chi connectivity index (χ1v) is 9.37. The zero-order valence-electron chi connectivity index (χ0n) is 13.8. The van der Waals surface area contributed by atoms with Crippen molar-refractivity contribution in [2.24, 2.45) is 11.7 Å². The number of hydrogen-bond acceptors (Lipinski definition) is 4. The lowest BCUT2D eigenvalue weighted by molar-refractivity contribution is 0.243. The number of hydrogen-bond donors (Lipinski definition) is 1. The van der Waals surface area contributed by atoms with Gasteiger partial charge < -0.3 is 10.5 Å². The van der Waals surface area contributed by atoms with Crippen molar-refractivity contribution in [1.82, 2.24) is 4.31 Å². The average molecular weight is 363 g/mol. The lowest BCUT2D eigenvalue weighted by atomic mass is 9.93. The van der Waals surface area contributed by atoms with Crippen LogP contribution in [0.1, 0.15) is 33.1 Å². The van der Waals surface area contributed by atoms with E-state index in [1.54, 1.807) is 28.6 Å². The predicted molar refractivity (Wildman–Crippen MR) is 94.6 cm³/mol. The third-order valence-electron chi connectivity index (χ3n) is 4.10. The van der Waals surface area contributed by atoms with Crippen LogP contribution in [-0.2, 0) is 10.0 Å². The molecule has 23 heavy (non-hydrogen) atoms. The Morgan fingerprint density at radius 2 is 2.00 bits per heavy atom. The Morgan fingerprint density at radius 1 is 1.35 bits per heavy atom. The third-order valence-corrected chi connectivity index (χ3v) is 5.98. The Kier molecular flexibility index (Phi) is 7.80. The standard InChI is InChI=1S/C16H26N2O3S.ClH/c1-3-11-21-15-6-8-16(9-7-15)22(19,20)18-10-4-5-14(12-18)13(2)17;/h6-9,13-14H,3-5,10-12,17H2,1-2H3;1H. The van der Waals surface area contributed by atoms with Gasteiger partial charge in [0.05, 0.1) is 11.5 Å². The largest absolute Gasteiger partial charge is 0.494 e. The number of nitrogens with zero attached hydrogens (tertiary/aromatic N) is 1. The van der Waals surface area contributed by atoms with Crippen LogP contribution < -0.4 is 10.5 Å². The van der Waals surface area contributed by atoms with E-state index in [0.29, 0.717) is 30.3 Å². The smallest absolute Gasteiger partial charge is 0.243 e. The minimum absolute atomic E-state index is 0. The maximum absolute atomic E-state index is 12.7. The van der Waals surface area contributed by atoms with E-state index in [4.69, 9.17) is 10.5 Å². The van der Waals surface area contributed by atoms with Crippen LogP contribution in [0.4, 0.5) is 0 Å². The van der Waals surface area contributed by atoms with E-state index in [9.17, 15) is 8.42 Å². The van der Waals surface area contributed by atoms with Crippen molar-refractivity contribution in [3.8, 4) is 5.75 Å². The van der Waals surface area contributed by atoms with Gasteiger partial charge in [0.25, 0.3) is 0 Å². The Hall–Kier alpha value is -0.820. The highest BCUT2D eigenvalue weighted by atomic mass is 35.5. The van der Waals surface area contributed by atoms with Crippen LogP contribution in [0.15, 0.2) is 29.2 Å². The van der Waals surface area contributed by atoms with Crippen LogP contribution in [0.25, 0.3) is 0 Å².